The third-order valence-corrected chi connectivity index (χ3v) is 4.44. The first-order valence-corrected chi connectivity index (χ1v) is 10.3. The molecule has 3 aromatic rings. The molecule has 0 bridgehead atoms. The van der Waals surface area contributed by atoms with E-state index in [0.717, 1.165) is 11.3 Å². The molecule has 0 radical (unpaired) electrons. The highest BCUT2D eigenvalue weighted by Crippen LogP contribution is 2.32. The van der Waals surface area contributed by atoms with Gasteiger partial charge in [0.1, 0.15) is 12.0 Å². The molecular weight excluding hydrogens is 382 g/mol. The van der Waals surface area contributed by atoms with Crippen LogP contribution < -0.4 is 14.2 Å². The number of rotatable bonds is 11. The van der Waals surface area contributed by atoms with E-state index in [9.17, 15) is 4.79 Å². The van der Waals surface area contributed by atoms with Crippen LogP contribution in [0.5, 0.6) is 17.2 Å². The highest BCUT2D eigenvalue weighted by molar-refractivity contribution is 5.98. The molecule has 1 aromatic heterocycles. The van der Waals surface area contributed by atoms with Gasteiger partial charge in [0.25, 0.3) is 0 Å². The molecular formula is C24H27NO5. The van der Waals surface area contributed by atoms with Crippen molar-refractivity contribution in [1.82, 2.24) is 4.98 Å². The zero-order valence-electron chi connectivity index (χ0n) is 17.6. The normalized spacial score (nSPS) is 10.6. The van der Waals surface area contributed by atoms with Gasteiger partial charge in [-0.05, 0) is 51.1 Å². The molecule has 0 N–H and O–H groups in total. The highest BCUT2D eigenvalue weighted by Gasteiger charge is 2.15. The molecule has 0 amide bonds. The van der Waals surface area contributed by atoms with Crippen molar-refractivity contribution in [1.29, 1.82) is 0 Å². The van der Waals surface area contributed by atoms with Crippen LogP contribution >= 0.6 is 0 Å². The van der Waals surface area contributed by atoms with Crippen LogP contribution in [0.15, 0.2) is 53.1 Å². The minimum atomic E-state index is 0.0169. The molecule has 0 aliphatic rings. The van der Waals surface area contributed by atoms with Crippen LogP contribution in [0.3, 0.4) is 0 Å². The van der Waals surface area contributed by atoms with Gasteiger partial charge in [-0.1, -0.05) is 12.1 Å². The van der Waals surface area contributed by atoms with Crippen LogP contribution in [-0.4, -0.2) is 30.6 Å². The molecule has 158 valence electrons. The quantitative estimate of drug-likeness (QED) is 0.397. The van der Waals surface area contributed by atoms with Gasteiger partial charge < -0.3 is 18.6 Å². The molecule has 0 aliphatic heterocycles. The van der Waals surface area contributed by atoms with E-state index in [1.165, 1.54) is 0 Å². The van der Waals surface area contributed by atoms with Crippen LogP contribution in [0.25, 0.3) is 11.5 Å². The first-order chi connectivity index (χ1) is 14.7. The van der Waals surface area contributed by atoms with Crippen molar-refractivity contribution in [2.75, 3.05) is 19.8 Å². The number of aromatic nitrogens is 1. The molecule has 6 heteroatoms. The lowest BCUT2D eigenvalue weighted by atomic mass is 10.0. The summed E-state index contributed by atoms with van der Waals surface area (Å²) < 4.78 is 22.5. The summed E-state index contributed by atoms with van der Waals surface area (Å²) in [5.41, 5.74) is 2.11. The molecule has 0 fully saturated rings. The number of benzene rings is 2. The van der Waals surface area contributed by atoms with Crippen LogP contribution in [0, 0.1) is 0 Å². The van der Waals surface area contributed by atoms with E-state index in [0.29, 0.717) is 61.4 Å². The average molecular weight is 409 g/mol. The predicted molar refractivity (Wildman–Crippen MR) is 115 cm³/mol. The van der Waals surface area contributed by atoms with Gasteiger partial charge in [-0.3, -0.25) is 4.79 Å². The van der Waals surface area contributed by atoms with E-state index >= 15 is 0 Å². The first kappa shape index (κ1) is 21.4. The number of hydrogen-bond donors (Lipinski definition) is 0. The summed E-state index contributed by atoms with van der Waals surface area (Å²) in [6, 6.07) is 12.9. The van der Waals surface area contributed by atoms with Gasteiger partial charge in [-0.15, -0.1) is 0 Å². The van der Waals surface area contributed by atoms with Gasteiger partial charge in [-0.2, -0.15) is 0 Å². The van der Waals surface area contributed by atoms with Gasteiger partial charge >= 0.3 is 0 Å². The van der Waals surface area contributed by atoms with Gasteiger partial charge in [0.2, 0.25) is 5.89 Å². The number of carbonyl (C=O) groups excluding carboxylic acids is 1. The number of ketones is 1. The third kappa shape index (κ3) is 5.20. The molecule has 0 saturated heterocycles. The average Bonchev–Trinajstić information content (AvgIpc) is 3.23. The van der Waals surface area contributed by atoms with Crippen molar-refractivity contribution in [2.45, 2.75) is 33.6 Å². The lowest BCUT2D eigenvalue weighted by molar-refractivity contribution is 0.0979. The third-order valence-electron chi connectivity index (χ3n) is 4.44. The summed E-state index contributed by atoms with van der Waals surface area (Å²) >= 11 is 0. The number of ether oxygens (including phenoxy) is 3. The molecule has 6 nitrogen and oxygen atoms in total. The largest absolute Gasteiger partial charge is 0.493 e. The second kappa shape index (κ2) is 10.5. The Hall–Kier alpha value is -3.28. The molecule has 0 atom stereocenters. The van der Waals surface area contributed by atoms with Crippen molar-refractivity contribution in [3.05, 3.63) is 60.0 Å². The van der Waals surface area contributed by atoms with E-state index in [4.69, 9.17) is 18.6 Å². The van der Waals surface area contributed by atoms with Crippen LogP contribution in [0.1, 0.15) is 43.2 Å². The fourth-order valence-corrected chi connectivity index (χ4v) is 3.09. The predicted octanol–water partition coefficient (Wildman–Crippen LogP) is 5.35. The Bertz CT molecular complexity index is 979. The zero-order valence-corrected chi connectivity index (χ0v) is 17.6. The summed E-state index contributed by atoms with van der Waals surface area (Å²) in [6.07, 6.45) is 2.40. The van der Waals surface area contributed by atoms with Crippen molar-refractivity contribution in [3.63, 3.8) is 0 Å². The Morgan fingerprint density at radius 3 is 2.37 bits per heavy atom. The lowest BCUT2D eigenvalue weighted by Crippen LogP contribution is -2.05. The summed E-state index contributed by atoms with van der Waals surface area (Å²) in [4.78, 5) is 17.2. The Balaban J connectivity index is 1.70. The fraction of sp³-hybridized carbons (Fsp3) is 0.333. The fourth-order valence-electron chi connectivity index (χ4n) is 3.09. The van der Waals surface area contributed by atoms with Crippen LogP contribution in [-0.2, 0) is 6.42 Å². The maximum absolute atomic E-state index is 12.6. The number of Topliss-reactive ketones (excluding diaryl/α,β-unsaturated/α-hetero) is 1. The molecule has 30 heavy (non-hydrogen) atoms. The van der Waals surface area contributed by atoms with Gasteiger partial charge in [0, 0.05) is 18.4 Å². The Morgan fingerprint density at radius 1 is 0.900 bits per heavy atom. The Labute approximate surface area is 176 Å². The number of nitrogens with zero attached hydrogens (tertiary/aromatic N) is 1. The minimum absolute atomic E-state index is 0.0169. The highest BCUT2D eigenvalue weighted by atomic mass is 16.5. The SMILES string of the molecule is CCOc1ccc(-c2nc(CCC(=O)c3ccccc3OCC)co2)cc1OCC. The standard InChI is InChI=1S/C24H27NO5/c1-4-27-21-10-8-7-9-19(21)20(26)13-12-18-16-30-24(25-18)17-11-14-22(28-5-2)23(15-17)29-6-3/h7-11,14-16H,4-6,12-13H2,1-3H3. The molecule has 0 aliphatic carbocycles. The van der Waals surface area contributed by atoms with Crippen molar-refractivity contribution < 1.29 is 23.4 Å². The lowest BCUT2D eigenvalue weighted by Gasteiger charge is -2.11. The summed E-state index contributed by atoms with van der Waals surface area (Å²) in [5, 5.41) is 0. The summed E-state index contributed by atoms with van der Waals surface area (Å²) in [6.45, 7) is 7.36. The van der Waals surface area contributed by atoms with Gasteiger partial charge in [0.15, 0.2) is 17.3 Å². The second-order valence-corrected chi connectivity index (χ2v) is 6.52. The second-order valence-electron chi connectivity index (χ2n) is 6.52. The van der Waals surface area contributed by atoms with Crippen molar-refractivity contribution >= 4 is 5.78 Å². The topological polar surface area (TPSA) is 70.8 Å². The molecule has 2 aromatic carbocycles. The zero-order chi connectivity index (χ0) is 21.3. The molecule has 3 rings (SSSR count). The summed E-state index contributed by atoms with van der Waals surface area (Å²) in [7, 11) is 0. The number of aryl methyl sites for hydroxylation is 1. The number of carbonyl (C=O) groups is 1. The number of para-hydroxylation sites is 1. The summed E-state index contributed by atoms with van der Waals surface area (Å²) in [5.74, 6) is 2.45. The monoisotopic (exact) mass is 409 g/mol. The van der Waals surface area contributed by atoms with Gasteiger partial charge in [-0.25, -0.2) is 4.98 Å². The van der Waals surface area contributed by atoms with Crippen LogP contribution in [0.4, 0.5) is 0 Å². The van der Waals surface area contributed by atoms with E-state index < -0.39 is 0 Å². The molecule has 0 saturated carbocycles. The van der Waals surface area contributed by atoms with E-state index in [2.05, 4.69) is 4.98 Å². The van der Waals surface area contributed by atoms with E-state index in [1.54, 1.807) is 12.3 Å². The minimum Gasteiger partial charge on any atom is -0.493 e. The van der Waals surface area contributed by atoms with Gasteiger partial charge in [0.05, 0.1) is 31.1 Å². The van der Waals surface area contributed by atoms with Crippen LogP contribution in [0.2, 0.25) is 0 Å². The maximum Gasteiger partial charge on any atom is 0.226 e. The Morgan fingerprint density at radius 2 is 1.60 bits per heavy atom. The molecule has 0 spiro atoms. The first-order valence-electron chi connectivity index (χ1n) is 10.3. The number of oxazole rings is 1. The van der Waals surface area contributed by atoms with Crippen molar-refractivity contribution in [2.24, 2.45) is 0 Å². The molecule has 0 unspecified atom stereocenters. The molecule has 1 heterocycles. The number of hydrogen-bond acceptors (Lipinski definition) is 6. The van der Waals surface area contributed by atoms with E-state index in [-0.39, 0.29) is 5.78 Å². The Kier molecular flexibility index (Phi) is 7.49. The maximum atomic E-state index is 12.6. The van der Waals surface area contributed by atoms with E-state index in [1.807, 2.05) is 57.2 Å². The van der Waals surface area contributed by atoms with Crippen molar-refractivity contribution in [3.8, 4) is 28.7 Å². The smallest absolute Gasteiger partial charge is 0.226 e.